The fourth-order valence-corrected chi connectivity index (χ4v) is 3.72. The van der Waals surface area contributed by atoms with Crippen LogP contribution in [0.4, 0.5) is 0 Å². The van der Waals surface area contributed by atoms with Gasteiger partial charge in [-0.3, -0.25) is 5.10 Å². The molecule has 7 nitrogen and oxygen atoms in total. The number of H-pyrrole nitrogens is 1. The van der Waals surface area contributed by atoms with E-state index in [1.165, 1.54) is 17.5 Å². The summed E-state index contributed by atoms with van der Waals surface area (Å²) in [6, 6.07) is 0. The van der Waals surface area contributed by atoms with Crippen molar-refractivity contribution in [3.63, 3.8) is 0 Å². The Balaban J connectivity index is 2.05. The summed E-state index contributed by atoms with van der Waals surface area (Å²) in [6.07, 6.45) is 2.53. The van der Waals surface area contributed by atoms with Crippen LogP contribution in [0, 0.1) is 6.92 Å². The number of hydrogen-bond donors (Lipinski definition) is 3. The summed E-state index contributed by atoms with van der Waals surface area (Å²) in [7, 11) is -3.61. The minimum absolute atomic E-state index is 0.119. The minimum atomic E-state index is -3.61. The van der Waals surface area contributed by atoms with Gasteiger partial charge in [-0.15, -0.1) is 11.3 Å². The number of sulfonamides is 1. The number of nitrogens with one attached hydrogen (secondary N) is 3. The number of thiazole rings is 1. The van der Waals surface area contributed by atoms with E-state index in [-0.39, 0.29) is 11.6 Å². The summed E-state index contributed by atoms with van der Waals surface area (Å²) in [5.74, 6) is 0. The Hall–Kier alpha value is -1.29. The molecule has 0 spiro atoms. The number of aromatic amines is 1. The first kappa shape index (κ1) is 16.1. The summed E-state index contributed by atoms with van der Waals surface area (Å²) in [5, 5.41) is 9.69. The van der Waals surface area contributed by atoms with Crippen molar-refractivity contribution in [2.75, 3.05) is 6.54 Å². The van der Waals surface area contributed by atoms with Gasteiger partial charge in [0.15, 0.2) is 5.03 Å². The predicted molar refractivity (Wildman–Crippen MR) is 81.5 cm³/mol. The van der Waals surface area contributed by atoms with Crippen molar-refractivity contribution in [1.82, 2.24) is 25.2 Å². The van der Waals surface area contributed by atoms with Crippen LogP contribution in [0.15, 0.2) is 16.7 Å². The number of rotatable bonds is 8. The second-order valence-electron chi connectivity index (χ2n) is 4.59. The Bertz CT molecular complexity index is 677. The number of aryl methyl sites for hydroxylation is 1. The lowest BCUT2D eigenvalue weighted by atomic mass is 10.3. The molecule has 0 aliphatic heterocycles. The van der Waals surface area contributed by atoms with E-state index in [1.54, 1.807) is 5.51 Å². The molecular formula is C12H19N5O2S2. The van der Waals surface area contributed by atoms with Crippen LogP contribution in [0.25, 0.3) is 0 Å². The standard InChI is InChI=1S/C12H19N5O2S2/c1-3-4-13-5-10-6-15-17-12(10)21(18,19)16-7-11-9(2)14-8-20-11/h6,8,13,16H,3-5,7H2,1-2H3,(H,15,17). The third-order valence-electron chi connectivity index (χ3n) is 2.96. The van der Waals surface area contributed by atoms with Gasteiger partial charge in [0.1, 0.15) is 0 Å². The monoisotopic (exact) mass is 329 g/mol. The van der Waals surface area contributed by atoms with E-state index in [0.29, 0.717) is 12.1 Å². The molecule has 0 aliphatic carbocycles. The lowest BCUT2D eigenvalue weighted by Gasteiger charge is -2.07. The second kappa shape index (κ2) is 7.12. The first-order chi connectivity index (χ1) is 10.0. The van der Waals surface area contributed by atoms with Crippen LogP contribution in [0.2, 0.25) is 0 Å². The van der Waals surface area contributed by atoms with Gasteiger partial charge >= 0.3 is 0 Å². The first-order valence-electron chi connectivity index (χ1n) is 6.66. The van der Waals surface area contributed by atoms with Crippen LogP contribution in [-0.2, 0) is 23.1 Å². The average molecular weight is 329 g/mol. The average Bonchev–Trinajstić information content (AvgIpc) is 3.06. The molecule has 116 valence electrons. The van der Waals surface area contributed by atoms with Gasteiger partial charge in [0, 0.05) is 23.5 Å². The van der Waals surface area contributed by atoms with E-state index in [4.69, 9.17) is 0 Å². The van der Waals surface area contributed by atoms with Crippen molar-refractivity contribution in [3.8, 4) is 0 Å². The summed E-state index contributed by atoms with van der Waals surface area (Å²) < 4.78 is 27.2. The molecule has 3 N–H and O–H groups in total. The molecule has 0 aliphatic rings. The van der Waals surface area contributed by atoms with Crippen molar-refractivity contribution in [1.29, 1.82) is 0 Å². The highest BCUT2D eigenvalue weighted by atomic mass is 32.2. The van der Waals surface area contributed by atoms with Crippen molar-refractivity contribution >= 4 is 21.4 Å². The third kappa shape index (κ3) is 4.10. The molecule has 21 heavy (non-hydrogen) atoms. The molecule has 0 atom stereocenters. The molecule has 2 rings (SSSR count). The summed E-state index contributed by atoms with van der Waals surface area (Å²) in [4.78, 5) is 5.01. The van der Waals surface area contributed by atoms with E-state index in [0.717, 1.165) is 23.5 Å². The summed E-state index contributed by atoms with van der Waals surface area (Å²) in [5.41, 5.74) is 3.18. The smallest absolute Gasteiger partial charge is 0.258 e. The molecule has 0 radical (unpaired) electrons. The van der Waals surface area contributed by atoms with Crippen LogP contribution in [0.5, 0.6) is 0 Å². The maximum absolute atomic E-state index is 12.3. The number of nitrogens with zero attached hydrogens (tertiary/aromatic N) is 2. The Kier molecular flexibility index (Phi) is 5.45. The number of hydrogen-bond acceptors (Lipinski definition) is 6. The molecule has 0 fully saturated rings. The first-order valence-corrected chi connectivity index (χ1v) is 9.02. The van der Waals surface area contributed by atoms with E-state index < -0.39 is 10.0 Å². The molecule has 9 heteroatoms. The number of aromatic nitrogens is 3. The van der Waals surface area contributed by atoms with Gasteiger partial charge in [-0.1, -0.05) is 6.92 Å². The normalized spacial score (nSPS) is 11.9. The van der Waals surface area contributed by atoms with Gasteiger partial charge in [-0.2, -0.15) is 5.10 Å². The van der Waals surface area contributed by atoms with Crippen LogP contribution in [0.3, 0.4) is 0 Å². The molecule has 2 aromatic heterocycles. The van der Waals surface area contributed by atoms with Gasteiger partial charge in [0.2, 0.25) is 0 Å². The zero-order valence-electron chi connectivity index (χ0n) is 12.0. The van der Waals surface area contributed by atoms with Gasteiger partial charge < -0.3 is 5.32 Å². The van der Waals surface area contributed by atoms with Crippen molar-refractivity contribution in [3.05, 3.63) is 27.8 Å². The van der Waals surface area contributed by atoms with Gasteiger partial charge in [0.25, 0.3) is 10.0 Å². The minimum Gasteiger partial charge on any atom is -0.313 e. The molecule has 0 amide bonds. The van der Waals surface area contributed by atoms with Crippen LogP contribution < -0.4 is 10.0 Å². The molecule has 0 bridgehead atoms. The lowest BCUT2D eigenvalue weighted by Crippen LogP contribution is -2.25. The van der Waals surface area contributed by atoms with E-state index in [9.17, 15) is 8.42 Å². The van der Waals surface area contributed by atoms with E-state index in [2.05, 4.69) is 32.1 Å². The molecule has 2 heterocycles. The fourth-order valence-electron chi connectivity index (χ4n) is 1.79. The Morgan fingerprint density at radius 3 is 2.86 bits per heavy atom. The fraction of sp³-hybridized carbons (Fsp3) is 0.500. The summed E-state index contributed by atoms with van der Waals surface area (Å²) in [6.45, 7) is 5.45. The van der Waals surface area contributed by atoms with Crippen molar-refractivity contribution < 1.29 is 8.42 Å². The lowest BCUT2D eigenvalue weighted by molar-refractivity contribution is 0.574. The quantitative estimate of drug-likeness (QED) is 0.631. The maximum atomic E-state index is 12.3. The van der Waals surface area contributed by atoms with E-state index >= 15 is 0 Å². The van der Waals surface area contributed by atoms with Gasteiger partial charge in [-0.25, -0.2) is 18.1 Å². The molecule has 0 saturated carbocycles. The van der Waals surface area contributed by atoms with Crippen molar-refractivity contribution in [2.45, 2.75) is 38.4 Å². The summed E-state index contributed by atoms with van der Waals surface area (Å²) >= 11 is 1.43. The Labute approximate surface area is 128 Å². The zero-order chi connectivity index (χ0) is 15.3. The zero-order valence-corrected chi connectivity index (χ0v) is 13.6. The van der Waals surface area contributed by atoms with Gasteiger partial charge in [-0.05, 0) is 19.9 Å². The highest BCUT2D eigenvalue weighted by Gasteiger charge is 2.20. The topological polar surface area (TPSA) is 99.8 Å². The third-order valence-corrected chi connectivity index (χ3v) is 5.31. The highest BCUT2D eigenvalue weighted by Crippen LogP contribution is 2.15. The van der Waals surface area contributed by atoms with Crippen LogP contribution in [-0.4, -0.2) is 30.1 Å². The van der Waals surface area contributed by atoms with Crippen LogP contribution in [0.1, 0.15) is 29.5 Å². The largest absolute Gasteiger partial charge is 0.313 e. The molecule has 0 aromatic carbocycles. The Morgan fingerprint density at radius 1 is 1.38 bits per heavy atom. The van der Waals surface area contributed by atoms with E-state index in [1.807, 2.05) is 6.92 Å². The maximum Gasteiger partial charge on any atom is 0.258 e. The molecule has 0 unspecified atom stereocenters. The Morgan fingerprint density at radius 2 is 2.19 bits per heavy atom. The molecule has 0 saturated heterocycles. The van der Waals surface area contributed by atoms with Gasteiger partial charge in [0.05, 0.1) is 17.4 Å². The molecule has 2 aromatic rings. The van der Waals surface area contributed by atoms with Crippen molar-refractivity contribution in [2.24, 2.45) is 0 Å². The SMILES string of the molecule is CCCNCc1cn[nH]c1S(=O)(=O)NCc1scnc1C. The predicted octanol–water partition coefficient (Wildman–Crippen LogP) is 1.15. The molecular weight excluding hydrogens is 310 g/mol. The second-order valence-corrected chi connectivity index (χ2v) is 7.23. The van der Waals surface area contributed by atoms with Crippen LogP contribution >= 0.6 is 11.3 Å². The highest BCUT2D eigenvalue weighted by molar-refractivity contribution is 7.89.